The van der Waals surface area contributed by atoms with Crippen molar-refractivity contribution in [3.05, 3.63) is 95.7 Å². The lowest BCUT2D eigenvalue weighted by Crippen LogP contribution is -2.30. The summed E-state index contributed by atoms with van der Waals surface area (Å²) in [5, 5.41) is 3.26. The molecule has 0 saturated carbocycles. The van der Waals surface area contributed by atoms with Gasteiger partial charge in [0.1, 0.15) is 0 Å². The Balaban J connectivity index is 1.30. The van der Waals surface area contributed by atoms with Gasteiger partial charge in [-0.15, -0.1) is 0 Å². The highest BCUT2D eigenvalue weighted by Crippen LogP contribution is 2.32. The first-order chi connectivity index (χ1) is 15.3. The summed E-state index contributed by atoms with van der Waals surface area (Å²) in [7, 11) is 0. The van der Waals surface area contributed by atoms with E-state index in [1.165, 1.54) is 11.1 Å². The second-order valence-corrected chi connectivity index (χ2v) is 9.06. The number of imidazole rings is 1. The molecule has 0 spiro atoms. The van der Waals surface area contributed by atoms with Crippen LogP contribution in [-0.2, 0) is 6.42 Å². The molecular weight excluding hydrogens is 402 g/mol. The van der Waals surface area contributed by atoms with Crippen LogP contribution in [0.3, 0.4) is 0 Å². The van der Waals surface area contributed by atoms with Gasteiger partial charge in [-0.2, -0.15) is 0 Å². The van der Waals surface area contributed by atoms with Crippen molar-refractivity contribution in [1.29, 1.82) is 0 Å². The predicted octanol–water partition coefficient (Wildman–Crippen LogP) is 6.02. The Morgan fingerprint density at radius 3 is 2.77 bits per heavy atom. The maximum absolute atomic E-state index is 13.0. The number of aryl methyl sites for hydroxylation is 1. The molecular formula is C26H21N3OS. The highest BCUT2D eigenvalue weighted by Gasteiger charge is 2.22. The van der Waals surface area contributed by atoms with Crippen molar-refractivity contribution in [1.82, 2.24) is 14.7 Å². The van der Waals surface area contributed by atoms with Crippen molar-refractivity contribution < 1.29 is 4.79 Å². The van der Waals surface area contributed by atoms with Crippen molar-refractivity contribution in [3.8, 4) is 11.3 Å². The number of nitrogens with one attached hydrogen (secondary N) is 1. The average Bonchev–Trinajstić information content (AvgIpc) is 3.37. The molecule has 2 aromatic heterocycles. The molecule has 1 N–H and O–H groups in total. The zero-order chi connectivity index (χ0) is 20.8. The van der Waals surface area contributed by atoms with Gasteiger partial charge < -0.3 is 5.32 Å². The lowest BCUT2D eigenvalue weighted by Gasteiger charge is -2.26. The van der Waals surface area contributed by atoms with Gasteiger partial charge in [-0.1, -0.05) is 65.9 Å². The Kier molecular flexibility index (Phi) is 4.35. The number of fused-ring (bicyclic) bond motifs is 4. The molecule has 5 heteroatoms. The van der Waals surface area contributed by atoms with E-state index in [0.29, 0.717) is 5.56 Å². The van der Waals surface area contributed by atoms with Crippen molar-refractivity contribution in [3.63, 3.8) is 0 Å². The lowest BCUT2D eigenvalue weighted by molar-refractivity contribution is 0.0933. The smallest absolute Gasteiger partial charge is 0.251 e. The summed E-state index contributed by atoms with van der Waals surface area (Å²) in [6.07, 6.45) is 5.25. The van der Waals surface area contributed by atoms with Crippen LogP contribution < -0.4 is 5.32 Å². The lowest BCUT2D eigenvalue weighted by atomic mass is 9.87. The molecule has 0 radical (unpaired) electrons. The number of rotatable bonds is 3. The number of benzene rings is 3. The number of hydrogen-bond acceptors (Lipinski definition) is 3. The van der Waals surface area contributed by atoms with Gasteiger partial charge in [-0.25, -0.2) is 4.98 Å². The van der Waals surface area contributed by atoms with Gasteiger partial charge in [0, 0.05) is 17.3 Å². The van der Waals surface area contributed by atoms with E-state index in [1.807, 2.05) is 36.4 Å². The number of nitrogens with zero attached hydrogens (tertiary/aromatic N) is 2. The summed E-state index contributed by atoms with van der Waals surface area (Å²) in [5.74, 6) is -0.0142. The number of carbonyl (C=O) groups is 1. The first-order valence-electron chi connectivity index (χ1n) is 10.6. The van der Waals surface area contributed by atoms with E-state index in [2.05, 4.69) is 52.3 Å². The largest absolute Gasteiger partial charge is 0.345 e. The maximum atomic E-state index is 13.0. The van der Waals surface area contributed by atoms with Gasteiger partial charge in [0.25, 0.3) is 5.91 Å². The van der Waals surface area contributed by atoms with Gasteiger partial charge in [-0.05, 0) is 48.6 Å². The second kappa shape index (κ2) is 7.36. The van der Waals surface area contributed by atoms with E-state index >= 15 is 0 Å². The van der Waals surface area contributed by atoms with Crippen LogP contribution in [0.5, 0.6) is 0 Å². The Bertz CT molecular complexity index is 1420. The Morgan fingerprint density at radius 1 is 1.03 bits per heavy atom. The van der Waals surface area contributed by atoms with E-state index in [0.717, 1.165) is 45.7 Å². The Hall–Kier alpha value is -3.44. The van der Waals surface area contributed by atoms with E-state index in [1.54, 1.807) is 11.3 Å². The summed E-state index contributed by atoms with van der Waals surface area (Å²) in [6.45, 7) is 0. The second-order valence-electron chi connectivity index (χ2n) is 8.05. The number of carbonyl (C=O) groups excluding carboxylic acids is 1. The minimum absolute atomic E-state index is 0.0142. The Labute approximate surface area is 184 Å². The molecule has 3 aromatic carbocycles. The molecule has 2 heterocycles. The van der Waals surface area contributed by atoms with Crippen molar-refractivity contribution in [2.24, 2.45) is 0 Å². The zero-order valence-corrected chi connectivity index (χ0v) is 17.7. The molecule has 4 nitrogen and oxygen atoms in total. The standard InChI is InChI=1S/C26H21N3OS/c30-25(27-21-12-6-10-17-7-4-5-11-20(17)21)19-13-14-23-24(15-19)31-26-28-22(16-29(23)26)18-8-2-1-3-9-18/h1-5,7-9,11,13-16,21H,6,10,12H2,(H,27,30)/t21-/m1/s1. The van der Waals surface area contributed by atoms with Crippen molar-refractivity contribution in [2.75, 3.05) is 0 Å². The summed E-state index contributed by atoms with van der Waals surface area (Å²) in [5.41, 5.74) is 6.45. The highest BCUT2D eigenvalue weighted by atomic mass is 32.1. The normalized spacial score (nSPS) is 15.8. The van der Waals surface area contributed by atoms with Crippen LogP contribution in [0, 0.1) is 0 Å². The first kappa shape index (κ1) is 18.3. The zero-order valence-electron chi connectivity index (χ0n) is 16.9. The van der Waals surface area contributed by atoms with Gasteiger partial charge in [0.05, 0.1) is 22.0 Å². The summed E-state index contributed by atoms with van der Waals surface area (Å²) >= 11 is 1.62. The molecule has 1 aliphatic rings. The molecule has 0 unspecified atom stereocenters. The average molecular weight is 424 g/mol. The SMILES string of the molecule is O=C(N[C@@H]1CCCc2ccccc21)c1ccc2c(c1)sc1nc(-c3ccccc3)cn12. The molecule has 1 atom stereocenters. The van der Waals surface area contributed by atoms with Crippen LogP contribution >= 0.6 is 11.3 Å². The molecule has 0 fully saturated rings. The molecule has 1 aliphatic carbocycles. The fourth-order valence-corrected chi connectivity index (χ4v) is 5.58. The van der Waals surface area contributed by atoms with Crippen LogP contribution in [-0.4, -0.2) is 15.3 Å². The highest BCUT2D eigenvalue weighted by molar-refractivity contribution is 7.23. The Morgan fingerprint density at radius 2 is 1.87 bits per heavy atom. The summed E-state index contributed by atoms with van der Waals surface area (Å²) in [4.78, 5) is 18.8. The van der Waals surface area contributed by atoms with Crippen molar-refractivity contribution in [2.45, 2.75) is 25.3 Å². The number of aromatic nitrogens is 2. The van der Waals surface area contributed by atoms with E-state index < -0.39 is 0 Å². The third kappa shape index (κ3) is 3.22. The monoisotopic (exact) mass is 423 g/mol. The van der Waals surface area contributed by atoms with Crippen LogP contribution in [0.25, 0.3) is 26.4 Å². The fraction of sp³-hybridized carbons (Fsp3) is 0.154. The third-order valence-electron chi connectivity index (χ3n) is 6.10. The van der Waals surface area contributed by atoms with E-state index in [4.69, 9.17) is 4.98 Å². The van der Waals surface area contributed by atoms with E-state index in [-0.39, 0.29) is 11.9 Å². The molecule has 5 aromatic rings. The third-order valence-corrected chi connectivity index (χ3v) is 7.12. The topological polar surface area (TPSA) is 46.4 Å². The first-order valence-corrected chi connectivity index (χ1v) is 11.4. The van der Waals surface area contributed by atoms with Crippen LogP contribution in [0.15, 0.2) is 79.0 Å². The van der Waals surface area contributed by atoms with Gasteiger partial charge in [-0.3, -0.25) is 9.20 Å². The molecule has 0 saturated heterocycles. The van der Waals surface area contributed by atoms with Crippen LogP contribution in [0.2, 0.25) is 0 Å². The number of thiazole rings is 1. The molecule has 1 amide bonds. The number of hydrogen-bond donors (Lipinski definition) is 1. The molecule has 152 valence electrons. The summed E-state index contributed by atoms with van der Waals surface area (Å²) in [6, 6.07) is 24.7. The summed E-state index contributed by atoms with van der Waals surface area (Å²) < 4.78 is 3.18. The minimum atomic E-state index is -0.0142. The minimum Gasteiger partial charge on any atom is -0.345 e. The molecule has 0 aliphatic heterocycles. The van der Waals surface area contributed by atoms with Crippen LogP contribution in [0.1, 0.15) is 40.4 Å². The molecule has 6 rings (SSSR count). The molecule has 31 heavy (non-hydrogen) atoms. The van der Waals surface area contributed by atoms with Crippen LogP contribution in [0.4, 0.5) is 0 Å². The van der Waals surface area contributed by atoms with Gasteiger partial charge in [0.2, 0.25) is 0 Å². The molecule has 0 bridgehead atoms. The van der Waals surface area contributed by atoms with Gasteiger partial charge in [0.15, 0.2) is 4.96 Å². The number of amides is 1. The van der Waals surface area contributed by atoms with Gasteiger partial charge >= 0.3 is 0 Å². The quantitative estimate of drug-likeness (QED) is 0.385. The maximum Gasteiger partial charge on any atom is 0.251 e. The van der Waals surface area contributed by atoms with E-state index in [9.17, 15) is 4.79 Å². The predicted molar refractivity (Wildman–Crippen MR) is 126 cm³/mol. The van der Waals surface area contributed by atoms with Crippen molar-refractivity contribution >= 4 is 32.4 Å². The fourth-order valence-electron chi connectivity index (χ4n) is 4.54.